The van der Waals surface area contributed by atoms with Gasteiger partial charge in [0.05, 0.1) is 12.5 Å². The van der Waals surface area contributed by atoms with E-state index in [0.29, 0.717) is 30.7 Å². The first-order chi connectivity index (χ1) is 9.87. The van der Waals surface area contributed by atoms with Crippen molar-refractivity contribution in [2.75, 3.05) is 20.2 Å². The number of aliphatic carboxylic acids is 1. The molecule has 5 nitrogen and oxygen atoms in total. The van der Waals surface area contributed by atoms with Crippen LogP contribution in [0.2, 0.25) is 0 Å². The number of piperidine rings is 1. The van der Waals surface area contributed by atoms with Gasteiger partial charge >= 0.3 is 5.97 Å². The highest BCUT2D eigenvalue weighted by Crippen LogP contribution is 2.31. The molecule has 5 heteroatoms. The number of carboxylic acid groups (broad SMARTS) is 1. The highest BCUT2D eigenvalue weighted by molar-refractivity contribution is 5.96. The number of rotatable bonds is 3. The molecule has 1 amide bonds. The Morgan fingerprint density at radius 2 is 2.10 bits per heavy atom. The lowest BCUT2D eigenvalue weighted by Gasteiger charge is -2.37. The molecule has 2 rings (SSSR count). The van der Waals surface area contributed by atoms with Crippen LogP contribution in [0.25, 0.3) is 0 Å². The van der Waals surface area contributed by atoms with Gasteiger partial charge in [-0.15, -0.1) is 0 Å². The summed E-state index contributed by atoms with van der Waals surface area (Å²) in [6, 6.07) is 5.30. The number of methoxy groups -OCH3 is 1. The van der Waals surface area contributed by atoms with Gasteiger partial charge in [0.2, 0.25) is 0 Å². The van der Waals surface area contributed by atoms with E-state index < -0.39 is 11.4 Å². The van der Waals surface area contributed by atoms with E-state index in [1.165, 1.54) is 0 Å². The van der Waals surface area contributed by atoms with Gasteiger partial charge in [0.25, 0.3) is 5.91 Å². The number of nitrogens with zero attached hydrogens (tertiary/aromatic N) is 1. The molecule has 1 aromatic carbocycles. The summed E-state index contributed by atoms with van der Waals surface area (Å²) in [6.45, 7) is 4.42. The molecule has 21 heavy (non-hydrogen) atoms. The largest absolute Gasteiger partial charge is 0.497 e. The molecule has 0 aromatic heterocycles. The zero-order valence-electron chi connectivity index (χ0n) is 12.7. The number of aryl methyl sites for hydroxylation is 1. The Hall–Kier alpha value is -2.04. The fraction of sp³-hybridized carbons (Fsp3) is 0.500. The summed E-state index contributed by atoms with van der Waals surface area (Å²) in [7, 11) is 1.58. The summed E-state index contributed by atoms with van der Waals surface area (Å²) in [5, 5.41) is 9.34. The van der Waals surface area contributed by atoms with Crippen molar-refractivity contribution in [3.05, 3.63) is 29.3 Å². The Balaban J connectivity index is 2.22. The molecule has 1 fully saturated rings. The summed E-state index contributed by atoms with van der Waals surface area (Å²) in [5.74, 6) is -0.244. The van der Waals surface area contributed by atoms with Crippen LogP contribution in [0.15, 0.2) is 18.2 Å². The van der Waals surface area contributed by atoms with Crippen molar-refractivity contribution < 1.29 is 19.4 Å². The molecule has 1 saturated heterocycles. The van der Waals surface area contributed by atoms with Gasteiger partial charge in [-0.3, -0.25) is 9.59 Å². The first-order valence-electron chi connectivity index (χ1n) is 7.05. The maximum atomic E-state index is 12.6. The van der Waals surface area contributed by atoms with Crippen LogP contribution in [0.3, 0.4) is 0 Å². The number of amides is 1. The number of benzene rings is 1. The fourth-order valence-corrected chi connectivity index (χ4v) is 2.76. The molecule has 0 spiro atoms. The molecule has 114 valence electrons. The second kappa shape index (κ2) is 5.76. The quantitative estimate of drug-likeness (QED) is 0.928. The predicted octanol–water partition coefficient (Wildman–Crippen LogP) is 2.33. The molecule has 1 aliphatic heterocycles. The van der Waals surface area contributed by atoms with Gasteiger partial charge in [-0.05, 0) is 50.5 Å². The van der Waals surface area contributed by atoms with Crippen molar-refractivity contribution in [3.63, 3.8) is 0 Å². The normalized spacial score (nSPS) is 22.0. The maximum Gasteiger partial charge on any atom is 0.311 e. The van der Waals surface area contributed by atoms with Crippen molar-refractivity contribution in [3.8, 4) is 5.75 Å². The second-order valence-corrected chi connectivity index (χ2v) is 5.88. The summed E-state index contributed by atoms with van der Waals surface area (Å²) in [4.78, 5) is 25.6. The molecular formula is C16H21NO4. The Kier molecular flexibility index (Phi) is 4.21. The van der Waals surface area contributed by atoms with E-state index in [0.717, 1.165) is 5.56 Å². The molecule has 1 aliphatic rings. The molecule has 1 aromatic rings. The number of likely N-dealkylation sites (tertiary alicyclic amines) is 1. The van der Waals surface area contributed by atoms with Crippen LogP contribution in [0, 0.1) is 12.3 Å². The first-order valence-corrected chi connectivity index (χ1v) is 7.05. The molecule has 1 atom stereocenters. The van der Waals surface area contributed by atoms with Crippen LogP contribution >= 0.6 is 0 Å². The Morgan fingerprint density at radius 1 is 1.38 bits per heavy atom. The van der Waals surface area contributed by atoms with Crippen LogP contribution in [0.1, 0.15) is 35.7 Å². The van der Waals surface area contributed by atoms with Crippen LogP contribution in [0.5, 0.6) is 5.75 Å². The van der Waals surface area contributed by atoms with E-state index >= 15 is 0 Å². The van der Waals surface area contributed by atoms with Crippen LogP contribution < -0.4 is 4.74 Å². The first kappa shape index (κ1) is 15.4. The Morgan fingerprint density at radius 3 is 2.67 bits per heavy atom. The summed E-state index contributed by atoms with van der Waals surface area (Å²) in [6.07, 6.45) is 1.32. The van der Waals surface area contributed by atoms with Gasteiger partial charge < -0.3 is 14.7 Å². The Bertz CT molecular complexity index is 569. The topological polar surface area (TPSA) is 66.8 Å². The molecule has 0 radical (unpaired) electrons. The van der Waals surface area contributed by atoms with Crippen molar-refractivity contribution in [2.45, 2.75) is 26.7 Å². The summed E-state index contributed by atoms with van der Waals surface area (Å²) >= 11 is 0. The van der Waals surface area contributed by atoms with Crippen molar-refractivity contribution in [1.82, 2.24) is 4.90 Å². The number of hydrogen-bond donors (Lipinski definition) is 1. The number of carbonyl (C=O) groups is 2. The summed E-state index contributed by atoms with van der Waals surface area (Å²) in [5.41, 5.74) is 0.585. The zero-order valence-corrected chi connectivity index (χ0v) is 12.7. The van der Waals surface area contributed by atoms with E-state index in [9.17, 15) is 14.7 Å². The van der Waals surface area contributed by atoms with E-state index in [-0.39, 0.29) is 12.5 Å². The third-order valence-electron chi connectivity index (χ3n) is 4.16. The summed E-state index contributed by atoms with van der Waals surface area (Å²) < 4.78 is 5.14. The highest BCUT2D eigenvalue weighted by Gasteiger charge is 2.39. The monoisotopic (exact) mass is 291 g/mol. The van der Waals surface area contributed by atoms with E-state index in [2.05, 4.69) is 0 Å². The average Bonchev–Trinajstić information content (AvgIpc) is 2.46. The Labute approximate surface area is 124 Å². The number of hydrogen-bond acceptors (Lipinski definition) is 3. The van der Waals surface area contributed by atoms with Gasteiger partial charge in [0, 0.05) is 18.7 Å². The molecule has 0 saturated carbocycles. The SMILES string of the molecule is COc1ccc(C(=O)N2CCCC(C)(C(=O)O)C2)c(C)c1. The number of carbonyl (C=O) groups excluding carboxylic acids is 1. The van der Waals surface area contributed by atoms with Crippen LogP contribution in [-0.4, -0.2) is 42.1 Å². The molecule has 0 bridgehead atoms. The lowest BCUT2D eigenvalue weighted by atomic mass is 9.82. The van der Waals surface area contributed by atoms with Crippen molar-refractivity contribution in [1.29, 1.82) is 0 Å². The standard InChI is InChI=1S/C16H21NO4/c1-11-9-12(21-3)5-6-13(11)14(18)17-8-4-7-16(2,10-17)15(19)20/h5-6,9H,4,7-8,10H2,1-3H3,(H,19,20). The van der Waals surface area contributed by atoms with Gasteiger partial charge in [-0.2, -0.15) is 0 Å². The predicted molar refractivity (Wildman–Crippen MR) is 78.6 cm³/mol. The third kappa shape index (κ3) is 3.01. The van der Waals surface area contributed by atoms with Crippen LogP contribution in [0.4, 0.5) is 0 Å². The number of carboxylic acids is 1. The van der Waals surface area contributed by atoms with E-state index in [4.69, 9.17) is 4.74 Å². The maximum absolute atomic E-state index is 12.6. The lowest BCUT2D eigenvalue weighted by molar-refractivity contribution is -0.150. The minimum absolute atomic E-state index is 0.109. The van der Waals surface area contributed by atoms with E-state index in [1.54, 1.807) is 31.1 Å². The van der Waals surface area contributed by atoms with Gasteiger partial charge in [-0.25, -0.2) is 0 Å². The van der Waals surface area contributed by atoms with Gasteiger partial charge in [0.1, 0.15) is 5.75 Å². The van der Waals surface area contributed by atoms with Crippen LogP contribution in [-0.2, 0) is 4.79 Å². The minimum Gasteiger partial charge on any atom is -0.497 e. The highest BCUT2D eigenvalue weighted by atomic mass is 16.5. The van der Waals surface area contributed by atoms with Crippen molar-refractivity contribution >= 4 is 11.9 Å². The molecule has 0 aliphatic carbocycles. The molecule has 1 unspecified atom stereocenters. The van der Waals surface area contributed by atoms with E-state index in [1.807, 2.05) is 13.0 Å². The molecule has 1 heterocycles. The van der Waals surface area contributed by atoms with Gasteiger partial charge in [0.15, 0.2) is 0 Å². The van der Waals surface area contributed by atoms with Crippen molar-refractivity contribution in [2.24, 2.45) is 5.41 Å². The second-order valence-electron chi connectivity index (χ2n) is 5.88. The molecule has 1 N–H and O–H groups in total. The zero-order chi connectivity index (χ0) is 15.6. The minimum atomic E-state index is -0.853. The number of ether oxygens (including phenoxy) is 1. The van der Waals surface area contributed by atoms with Gasteiger partial charge in [-0.1, -0.05) is 0 Å². The fourth-order valence-electron chi connectivity index (χ4n) is 2.76. The average molecular weight is 291 g/mol. The molecular weight excluding hydrogens is 270 g/mol. The third-order valence-corrected chi connectivity index (χ3v) is 4.16. The smallest absolute Gasteiger partial charge is 0.311 e. The lowest BCUT2D eigenvalue weighted by Crippen LogP contribution is -2.48.